The minimum atomic E-state index is -0.138. The Morgan fingerprint density at radius 2 is 1.90 bits per heavy atom. The molecule has 2 N–H and O–H groups in total. The molecule has 0 bridgehead atoms. The summed E-state index contributed by atoms with van der Waals surface area (Å²) in [5.74, 6) is -0.246. The fraction of sp³-hybridized carbons (Fsp3) is 0.133. The molecule has 0 atom stereocenters. The maximum atomic E-state index is 9.62. The highest BCUT2D eigenvalue weighted by Crippen LogP contribution is 2.38. The van der Waals surface area contributed by atoms with Crippen LogP contribution < -0.4 is 0 Å². The SMILES string of the molecule is CCc1cc(O)c(O)cc1Sc1nc2ccccc2o1. The van der Waals surface area contributed by atoms with E-state index in [0.717, 1.165) is 28.0 Å². The Bertz CT molecular complexity index is 734. The van der Waals surface area contributed by atoms with Crippen LogP contribution in [-0.4, -0.2) is 15.2 Å². The number of oxazole rings is 1. The van der Waals surface area contributed by atoms with Gasteiger partial charge >= 0.3 is 0 Å². The molecule has 5 heteroatoms. The van der Waals surface area contributed by atoms with Crippen molar-refractivity contribution in [2.75, 3.05) is 0 Å². The zero-order valence-electron chi connectivity index (χ0n) is 10.8. The Labute approximate surface area is 120 Å². The van der Waals surface area contributed by atoms with Crippen molar-refractivity contribution in [3.05, 3.63) is 42.0 Å². The van der Waals surface area contributed by atoms with Gasteiger partial charge in [-0.25, -0.2) is 4.98 Å². The van der Waals surface area contributed by atoms with Gasteiger partial charge in [-0.3, -0.25) is 0 Å². The normalized spacial score (nSPS) is 11.1. The molecule has 3 rings (SSSR count). The Balaban J connectivity index is 1.99. The average molecular weight is 287 g/mol. The Kier molecular flexibility index (Phi) is 3.28. The maximum Gasteiger partial charge on any atom is 0.261 e. The highest BCUT2D eigenvalue weighted by atomic mass is 32.2. The van der Waals surface area contributed by atoms with Crippen LogP contribution in [0.4, 0.5) is 0 Å². The lowest BCUT2D eigenvalue weighted by Gasteiger charge is -2.07. The Morgan fingerprint density at radius 3 is 2.65 bits per heavy atom. The first-order valence-electron chi connectivity index (χ1n) is 6.25. The molecule has 20 heavy (non-hydrogen) atoms. The summed E-state index contributed by atoms with van der Waals surface area (Å²) in [7, 11) is 0. The van der Waals surface area contributed by atoms with Crippen molar-refractivity contribution in [3.8, 4) is 11.5 Å². The molecule has 0 amide bonds. The second-order valence-corrected chi connectivity index (χ2v) is 5.34. The summed E-state index contributed by atoms with van der Waals surface area (Å²) in [5, 5.41) is 19.7. The molecule has 0 saturated carbocycles. The van der Waals surface area contributed by atoms with Gasteiger partial charge in [0.2, 0.25) is 0 Å². The van der Waals surface area contributed by atoms with Crippen molar-refractivity contribution < 1.29 is 14.6 Å². The highest BCUT2D eigenvalue weighted by Gasteiger charge is 2.12. The van der Waals surface area contributed by atoms with E-state index in [1.165, 1.54) is 17.8 Å². The topological polar surface area (TPSA) is 66.5 Å². The van der Waals surface area contributed by atoms with E-state index in [4.69, 9.17) is 4.42 Å². The largest absolute Gasteiger partial charge is 0.504 e. The van der Waals surface area contributed by atoms with Gasteiger partial charge < -0.3 is 14.6 Å². The van der Waals surface area contributed by atoms with Crippen molar-refractivity contribution in [2.45, 2.75) is 23.5 Å². The van der Waals surface area contributed by atoms with Gasteiger partial charge in [-0.2, -0.15) is 0 Å². The third kappa shape index (κ3) is 2.32. The van der Waals surface area contributed by atoms with Gasteiger partial charge in [0.1, 0.15) is 5.52 Å². The van der Waals surface area contributed by atoms with Gasteiger partial charge in [-0.1, -0.05) is 19.1 Å². The molecule has 0 unspecified atom stereocenters. The predicted molar refractivity (Wildman–Crippen MR) is 77.3 cm³/mol. The van der Waals surface area contributed by atoms with E-state index in [0.29, 0.717) is 5.22 Å². The second-order valence-electron chi connectivity index (χ2n) is 4.35. The van der Waals surface area contributed by atoms with Crippen LogP contribution in [0.25, 0.3) is 11.1 Å². The Hall–Kier alpha value is -2.14. The molecule has 0 aliphatic heterocycles. The third-order valence-corrected chi connectivity index (χ3v) is 3.96. The summed E-state index contributed by atoms with van der Waals surface area (Å²) < 4.78 is 5.65. The van der Waals surface area contributed by atoms with E-state index >= 15 is 0 Å². The zero-order chi connectivity index (χ0) is 14.1. The first-order valence-corrected chi connectivity index (χ1v) is 7.07. The average Bonchev–Trinajstić information content (AvgIpc) is 2.84. The number of phenolic OH excluding ortho intramolecular Hbond substituents is 2. The number of hydrogen-bond donors (Lipinski definition) is 2. The summed E-state index contributed by atoms with van der Waals surface area (Å²) in [4.78, 5) is 5.22. The number of nitrogens with zero attached hydrogens (tertiary/aromatic N) is 1. The zero-order valence-corrected chi connectivity index (χ0v) is 11.6. The van der Waals surface area contributed by atoms with Crippen molar-refractivity contribution in [1.29, 1.82) is 0 Å². The van der Waals surface area contributed by atoms with Crippen LogP contribution in [0.3, 0.4) is 0 Å². The third-order valence-electron chi connectivity index (χ3n) is 3.01. The molecule has 0 aliphatic rings. The van der Waals surface area contributed by atoms with Crippen molar-refractivity contribution in [2.24, 2.45) is 0 Å². The number of benzene rings is 2. The fourth-order valence-electron chi connectivity index (χ4n) is 1.96. The monoisotopic (exact) mass is 287 g/mol. The maximum absolute atomic E-state index is 9.62. The van der Waals surface area contributed by atoms with Crippen LogP contribution in [0, 0.1) is 0 Å². The van der Waals surface area contributed by atoms with E-state index in [-0.39, 0.29) is 11.5 Å². The van der Waals surface area contributed by atoms with Crippen molar-refractivity contribution >= 4 is 22.9 Å². The summed E-state index contributed by atoms with van der Waals surface area (Å²) in [6.07, 6.45) is 0.746. The second kappa shape index (κ2) is 5.09. The van der Waals surface area contributed by atoms with Crippen molar-refractivity contribution in [1.82, 2.24) is 4.98 Å². The van der Waals surface area contributed by atoms with Crippen LogP contribution in [0.2, 0.25) is 0 Å². The lowest BCUT2D eigenvalue weighted by molar-refractivity contribution is 0.401. The summed E-state index contributed by atoms with van der Waals surface area (Å²) in [6, 6.07) is 10.7. The molecular weight excluding hydrogens is 274 g/mol. The quantitative estimate of drug-likeness (QED) is 0.714. The molecule has 0 fully saturated rings. The summed E-state index contributed by atoms with van der Waals surface area (Å²) >= 11 is 1.34. The lowest BCUT2D eigenvalue weighted by atomic mass is 10.1. The molecule has 0 saturated heterocycles. The van der Waals surface area contributed by atoms with E-state index in [1.54, 1.807) is 6.07 Å². The van der Waals surface area contributed by atoms with Gasteiger partial charge in [0.15, 0.2) is 17.1 Å². The number of aromatic hydroxyl groups is 2. The van der Waals surface area contributed by atoms with E-state index in [1.807, 2.05) is 31.2 Å². The number of fused-ring (bicyclic) bond motifs is 1. The molecule has 1 aromatic heterocycles. The number of aryl methyl sites for hydroxylation is 1. The number of phenols is 2. The highest BCUT2D eigenvalue weighted by molar-refractivity contribution is 7.99. The van der Waals surface area contributed by atoms with Gasteiger partial charge in [0, 0.05) is 4.90 Å². The van der Waals surface area contributed by atoms with Crippen molar-refractivity contribution in [3.63, 3.8) is 0 Å². The number of para-hydroxylation sites is 2. The molecule has 0 radical (unpaired) electrons. The summed E-state index contributed by atoms with van der Waals surface area (Å²) in [6.45, 7) is 1.99. The first-order chi connectivity index (χ1) is 9.67. The van der Waals surface area contributed by atoms with Crippen LogP contribution in [0.5, 0.6) is 11.5 Å². The standard InChI is InChI=1S/C15H13NO3S/c1-2-9-7-11(17)12(18)8-14(9)20-15-16-10-5-3-4-6-13(10)19-15/h3-8,17-18H,2H2,1H3. The van der Waals surface area contributed by atoms with Gasteiger partial charge in [0.05, 0.1) is 0 Å². The van der Waals surface area contributed by atoms with Crippen LogP contribution >= 0.6 is 11.8 Å². The molecule has 0 spiro atoms. The minimum absolute atomic E-state index is 0.108. The molecular formula is C15H13NO3S. The molecule has 0 aliphatic carbocycles. The van der Waals surface area contributed by atoms with E-state index < -0.39 is 0 Å². The molecule has 2 aromatic carbocycles. The van der Waals surface area contributed by atoms with E-state index in [2.05, 4.69) is 4.98 Å². The molecule has 4 nitrogen and oxygen atoms in total. The number of rotatable bonds is 3. The minimum Gasteiger partial charge on any atom is -0.504 e. The molecule has 1 heterocycles. The smallest absolute Gasteiger partial charge is 0.261 e. The molecule has 102 valence electrons. The first kappa shape index (κ1) is 12.9. The Morgan fingerprint density at radius 1 is 1.15 bits per heavy atom. The van der Waals surface area contributed by atoms with Gasteiger partial charge in [-0.05, 0) is 48.0 Å². The predicted octanol–water partition coefficient (Wildman–Crippen LogP) is 3.95. The summed E-state index contributed by atoms with van der Waals surface area (Å²) in [5.41, 5.74) is 2.47. The van der Waals surface area contributed by atoms with Gasteiger partial charge in [0.25, 0.3) is 5.22 Å². The van der Waals surface area contributed by atoms with Gasteiger partial charge in [-0.15, -0.1) is 0 Å². The lowest BCUT2D eigenvalue weighted by Crippen LogP contribution is -1.86. The van der Waals surface area contributed by atoms with E-state index in [9.17, 15) is 10.2 Å². The van der Waals surface area contributed by atoms with Crippen LogP contribution in [0.1, 0.15) is 12.5 Å². The number of hydrogen-bond acceptors (Lipinski definition) is 5. The van der Waals surface area contributed by atoms with Crippen LogP contribution in [0.15, 0.2) is 50.9 Å². The number of aromatic nitrogens is 1. The fourth-order valence-corrected chi connectivity index (χ4v) is 2.93. The molecule has 3 aromatic rings. The van der Waals surface area contributed by atoms with Crippen LogP contribution in [-0.2, 0) is 6.42 Å².